The Morgan fingerprint density at radius 3 is 2.78 bits per heavy atom. The van der Waals surface area contributed by atoms with Crippen LogP contribution < -0.4 is 0 Å². The number of aromatic nitrogens is 2. The molecule has 9 heavy (non-hydrogen) atoms. The Kier molecular flexibility index (Phi) is 1.84. The van der Waals surface area contributed by atoms with Crippen LogP contribution in [0.1, 0.15) is 0 Å². The van der Waals surface area contributed by atoms with E-state index in [2.05, 4.69) is 4.98 Å². The van der Waals surface area contributed by atoms with Crippen molar-refractivity contribution in [3.05, 3.63) is 18.7 Å². The molecule has 0 N–H and O–H groups in total. The summed E-state index contributed by atoms with van der Waals surface area (Å²) in [6.07, 6.45) is 4.61. The summed E-state index contributed by atoms with van der Waals surface area (Å²) in [5.74, 6) is 0.0231. The van der Waals surface area contributed by atoms with Crippen LogP contribution in [0.5, 0.6) is 0 Å². The largest absolute Gasteiger partial charge is 0.323 e. The molecule has 0 amide bonds. The molecule has 0 bridgehead atoms. The monoisotopic (exact) mass is 146 g/mol. The van der Waals surface area contributed by atoms with Gasteiger partial charge in [-0.25, -0.2) is 13.4 Å². The smallest absolute Gasteiger partial charge is 0.158 e. The lowest BCUT2D eigenvalue weighted by atomic mass is 10.9. The quantitative estimate of drug-likeness (QED) is 0.570. The van der Waals surface area contributed by atoms with Crippen LogP contribution in [0.4, 0.5) is 0 Å². The molecule has 1 aromatic heterocycles. The highest BCUT2D eigenvalue weighted by Gasteiger charge is 1.87. The fraction of sp³-hybridized carbons (Fsp3) is 0.250. The molecule has 0 aliphatic heterocycles. The minimum atomic E-state index is -2.33. The Morgan fingerprint density at radius 1 is 1.56 bits per heavy atom. The fourth-order valence-corrected chi connectivity index (χ4v) is 0.938. The van der Waals surface area contributed by atoms with Gasteiger partial charge in [-0.1, -0.05) is 0 Å². The Bertz CT molecular complexity index is 231. The van der Waals surface area contributed by atoms with E-state index in [9.17, 15) is 8.42 Å². The van der Waals surface area contributed by atoms with Crippen molar-refractivity contribution in [3.8, 4) is 0 Å². The van der Waals surface area contributed by atoms with Crippen LogP contribution in [-0.4, -0.2) is 18.0 Å². The predicted octanol–water partition coefficient (Wildman–Crippen LogP) is -0.548. The van der Waals surface area contributed by atoms with Crippen molar-refractivity contribution >= 4 is 10.7 Å². The summed E-state index contributed by atoms with van der Waals surface area (Å²) in [7, 11) is -2.33. The van der Waals surface area contributed by atoms with Gasteiger partial charge in [0.25, 0.3) is 0 Å². The third kappa shape index (κ3) is 1.85. The first kappa shape index (κ1) is 6.28. The molecule has 0 spiro atoms. The van der Waals surface area contributed by atoms with E-state index in [0.29, 0.717) is 0 Å². The lowest BCUT2D eigenvalue weighted by molar-refractivity contribution is 0.603. The van der Waals surface area contributed by atoms with Gasteiger partial charge in [0.15, 0.2) is 10.7 Å². The molecule has 0 fully saturated rings. The second-order valence-electron chi connectivity index (χ2n) is 1.55. The van der Waals surface area contributed by atoms with E-state index in [1.54, 1.807) is 12.4 Å². The molecule has 0 radical (unpaired) electrons. The van der Waals surface area contributed by atoms with Gasteiger partial charge >= 0.3 is 0 Å². The molecule has 0 atom stereocenters. The van der Waals surface area contributed by atoms with Crippen LogP contribution in [0.15, 0.2) is 18.7 Å². The van der Waals surface area contributed by atoms with E-state index >= 15 is 0 Å². The first-order valence-electron chi connectivity index (χ1n) is 2.36. The molecular weight excluding hydrogens is 140 g/mol. The van der Waals surface area contributed by atoms with Crippen LogP contribution in [-0.2, 0) is 16.6 Å². The first-order valence-corrected chi connectivity index (χ1v) is 3.73. The summed E-state index contributed by atoms with van der Waals surface area (Å²) in [6.45, 7) is 0. The van der Waals surface area contributed by atoms with Gasteiger partial charge in [0, 0.05) is 12.4 Å². The van der Waals surface area contributed by atoms with E-state index in [0.717, 1.165) is 0 Å². The molecule has 0 unspecified atom stereocenters. The number of imidazole rings is 1. The van der Waals surface area contributed by atoms with Gasteiger partial charge in [0.1, 0.15) is 5.88 Å². The van der Waals surface area contributed by atoms with Crippen LogP contribution in [0.3, 0.4) is 0 Å². The third-order valence-electron chi connectivity index (χ3n) is 0.838. The van der Waals surface area contributed by atoms with Crippen molar-refractivity contribution in [3.63, 3.8) is 0 Å². The average Bonchev–Trinajstić information content (AvgIpc) is 2.15. The summed E-state index contributed by atoms with van der Waals surface area (Å²) in [5.41, 5.74) is 0. The second kappa shape index (κ2) is 2.63. The highest BCUT2D eigenvalue weighted by molar-refractivity contribution is 7.71. The van der Waals surface area contributed by atoms with Gasteiger partial charge in [-0.2, -0.15) is 0 Å². The lowest BCUT2D eigenvalue weighted by Crippen LogP contribution is -1.94. The maximum atomic E-state index is 10.1. The molecule has 1 rings (SSSR count). The summed E-state index contributed by atoms with van der Waals surface area (Å²) in [4.78, 5) is 3.67. The third-order valence-corrected chi connectivity index (χ3v) is 1.40. The zero-order valence-electron chi connectivity index (χ0n) is 4.60. The topological polar surface area (TPSA) is 52.0 Å². The molecule has 0 aliphatic carbocycles. The minimum Gasteiger partial charge on any atom is -0.323 e. The molecule has 0 aliphatic rings. The minimum absolute atomic E-state index is 0.0231. The normalized spacial score (nSPS) is 10.3. The lowest BCUT2D eigenvalue weighted by Gasteiger charge is -1.88. The number of rotatable bonds is 2. The Morgan fingerprint density at radius 2 is 2.33 bits per heavy atom. The van der Waals surface area contributed by atoms with Crippen molar-refractivity contribution in [2.24, 2.45) is 0 Å². The predicted molar refractivity (Wildman–Crippen MR) is 32.5 cm³/mol. The zero-order valence-corrected chi connectivity index (χ0v) is 5.49. The van der Waals surface area contributed by atoms with Gasteiger partial charge in [-0.05, 0) is 0 Å². The second-order valence-corrected chi connectivity index (χ2v) is 2.50. The van der Waals surface area contributed by atoms with Crippen molar-refractivity contribution in [2.45, 2.75) is 5.88 Å². The molecule has 50 valence electrons. The number of thiol groups is 1. The van der Waals surface area contributed by atoms with E-state index in [1.165, 1.54) is 10.9 Å². The highest BCUT2D eigenvalue weighted by atomic mass is 32.2. The fourth-order valence-electron chi connectivity index (χ4n) is 0.504. The standard InChI is InChI=1S/C4H6N2O2S/c7-9(8)4-6-2-1-5-3-6/h1-3,9H,4H2. The van der Waals surface area contributed by atoms with Crippen molar-refractivity contribution < 1.29 is 8.42 Å². The van der Waals surface area contributed by atoms with Crippen molar-refractivity contribution in [1.82, 2.24) is 9.55 Å². The molecule has 0 saturated carbocycles. The summed E-state index contributed by atoms with van der Waals surface area (Å²) in [5, 5.41) is 0. The molecule has 0 aromatic carbocycles. The summed E-state index contributed by atoms with van der Waals surface area (Å²) >= 11 is 0. The maximum absolute atomic E-state index is 10.1. The van der Waals surface area contributed by atoms with Gasteiger partial charge in [-0.15, -0.1) is 0 Å². The average molecular weight is 146 g/mol. The van der Waals surface area contributed by atoms with Crippen molar-refractivity contribution in [1.29, 1.82) is 0 Å². The molecule has 1 aromatic rings. The van der Waals surface area contributed by atoms with E-state index in [1.807, 2.05) is 0 Å². The van der Waals surface area contributed by atoms with E-state index in [4.69, 9.17) is 0 Å². The molecule has 4 nitrogen and oxygen atoms in total. The Balaban J connectivity index is 2.68. The Hall–Kier alpha value is -0.840. The van der Waals surface area contributed by atoms with E-state index in [-0.39, 0.29) is 5.88 Å². The molecule has 0 saturated heterocycles. The van der Waals surface area contributed by atoms with Crippen LogP contribution in [0, 0.1) is 0 Å². The van der Waals surface area contributed by atoms with Gasteiger partial charge in [0.2, 0.25) is 0 Å². The maximum Gasteiger partial charge on any atom is 0.158 e. The Labute approximate surface area is 54.1 Å². The van der Waals surface area contributed by atoms with Crippen LogP contribution in [0.25, 0.3) is 0 Å². The summed E-state index contributed by atoms with van der Waals surface area (Å²) < 4.78 is 21.6. The SMILES string of the molecule is O=[SH](=O)Cn1ccnc1. The molecule has 5 heteroatoms. The van der Waals surface area contributed by atoms with E-state index < -0.39 is 10.7 Å². The van der Waals surface area contributed by atoms with Gasteiger partial charge in [0.05, 0.1) is 6.33 Å². The van der Waals surface area contributed by atoms with Gasteiger partial charge in [-0.3, -0.25) is 0 Å². The van der Waals surface area contributed by atoms with Crippen molar-refractivity contribution in [2.75, 3.05) is 0 Å². The summed E-state index contributed by atoms with van der Waals surface area (Å²) in [6, 6.07) is 0. The number of hydrogen-bond acceptors (Lipinski definition) is 3. The highest BCUT2D eigenvalue weighted by Crippen LogP contribution is 1.83. The number of nitrogens with zero attached hydrogens (tertiary/aromatic N) is 2. The first-order chi connectivity index (χ1) is 4.29. The number of hydrogen-bond donors (Lipinski definition) is 1. The zero-order chi connectivity index (χ0) is 6.69. The van der Waals surface area contributed by atoms with Crippen LogP contribution in [0.2, 0.25) is 0 Å². The van der Waals surface area contributed by atoms with Crippen LogP contribution >= 0.6 is 0 Å². The molecule has 1 heterocycles. The molecular formula is C4H6N2O2S. The van der Waals surface area contributed by atoms with Gasteiger partial charge < -0.3 is 4.57 Å².